The maximum Gasteiger partial charge on any atom is 0.0300 e. The third kappa shape index (κ3) is 2.40. The van der Waals surface area contributed by atoms with Crippen LogP contribution in [0.5, 0.6) is 0 Å². The number of fused-ring (bicyclic) bond motifs is 1. The minimum Gasteiger partial charge on any atom is -0.264 e. The van der Waals surface area contributed by atoms with Crippen molar-refractivity contribution in [2.75, 3.05) is 0 Å². The molecule has 3 aromatic rings. The van der Waals surface area contributed by atoms with Crippen LogP contribution >= 0.6 is 0 Å². The van der Waals surface area contributed by atoms with E-state index >= 15 is 0 Å². The minimum absolute atomic E-state index is 0.923. The molecule has 0 fully saturated rings. The van der Waals surface area contributed by atoms with Gasteiger partial charge in [0.2, 0.25) is 0 Å². The van der Waals surface area contributed by atoms with Crippen LogP contribution in [0.2, 0.25) is 0 Å². The Morgan fingerprint density at radius 2 is 1.78 bits per heavy atom. The standard InChI is InChI=1S/C17H14N/c1-2-6-17-12-14(9-10-16(17)5-1)7-8-15-4-3-11-18-13-15/h1-7,9-13H,8H2. The molecular formula is C17H14N. The van der Waals surface area contributed by atoms with Crippen LogP contribution in [0.15, 0.2) is 67.0 Å². The van der Waals surface area contributed by atoms with E-state index in [2.05, 4.69) is 59.9 Å². The number of pyridine rings is 1. The zero-order valence-electron chi connectivity index (χ0n) is 10.1. The molecule has 87 valence electrons. The molecule has 1 aromatic heterocycles. The van der Waals surface area contributed by atoms with E-state index in [0.29, 0.717) is 0 Å². The third-order valence-corrected chi connectivity index (χ3v) is 3.07. The molecular weight excluding hydrogens is 218 g/mol. The summed E-state index contributed by atoms with van der Waals surface area (Å²) in [6.07, 6.45) is 6.88. The molecule has 1 radical (unpaired) electrons. The molecule has 0 atom stereocenters. The van der Waals surface area contributed by atoms with E-state index in [1.165, 1.54) is 21.9 Å². The molecule has 0 saturated heterocycles. The van der Waals surface area contributed by atoms with Gasteiger partial charge < -0.3 is 0 Å². The Bertz CT molecular complexity index is 644. The van der Waals surface area contributed by atoms with Crippen LogP contribution in [-0.4, -0.2) is 4.98 Å². The lowest BCUT2D eigenvalue weighted by atomic mass is 10.0. The van der Waals surface area contributed by atoms with Gasteiger partial charge in [-0.25, -0.2) is 0 Å². The Morgan fingerprint density at radius 1 is 0.889 bits per heavy atom. The fourth-order valence-corrected chi connectivity index (χ4v) is 2.09. The zero-order chi connectivity index (χ0) is 12.2. The molecule has 0 spiro atoms. The highest BCUT2D eigenvalue weighted by molar-refractivity contribution is 5.83. The second kappa shape index (κ2) is 5.01. The highest BCUT2D eigenvalue weighted by Crippen LogP contribution is 2.17. The average Bonchev–Trinajstić information content (AvgIpc) is 2.46. The van der Waals surface area contributed by atoms with E-state index in [1.807, 2.05) is 12.3 Å². The van der Waals surface area contributed by atoms with E-state index in [-0.39, 0.29) is 0 Å². The molecule has 0 aliphatic heterocycles. The lowest BCUT2D eigenvalue weighted by molar-refractivity contribution is 1.13. The van der Waals surface area contributed by atoms with Crippen LogP contribution in [0.3, 0.4) is 0 Å². The molecule has 18 heavy (non-hydrogen) atoms. The van der Waals surface area contributed by atoms with Gasteiger partial charge >= 0.3 is 0 Å². The number of nitrogens with zero attached hydrogens (tertiary/aromatic N) is 1. The summed E-state index contributed by atoms with van der Waals surface area (Å²) >= 11 is 0. The third-order valence-electron chi connectivity index (χ3n) is 3.07. The van der Waals surface area contributed by atoms with Gasteiger partial charge in [0.25, 0.3) is 0 Å². The first kappa shape index (κ1) is 11.0. The van der Waals surface area contributed by atoms with Crippen molar-refractivity contribution in [1.82, 2.24) is 4.98 Å². The van der Waals surface area contributed by atoms with Crippen molar-refractivity contribution in [1.29, 1.82) is 0 Å². The molecule has 1 nitrogen and oxygen atoms in total. The van der Waals surface area contributed by atoms with E-state index in [0.717, 1.165) is 6.42 Å². The Morgan fingerprint density at radius 3 is 2.61 bits per heavy atom. The SMILES string of the molecule is [CH](Cc1cccnc1)c1ccc2ccccc2c1. The molecule has 0 N–H and O–H groups in total. The van der Waals surface area contributed by atoms with Gasteiger partial charge in [-0.05, 0) is 40.8 Å². The first-order valence-electron chi connectivity index (χ1n) is 6.13. The molecule has 1 heteroatoms. The van der Waals surface area contributed by atoms with Crippen LogP contribution in [-0.2, 0) is 6.42 Å². The Hall–Kier alpha value is -2.15. The molecule has 1 heterocycles. The van der Waals surface area contributed by atoms with Crippen molar-refractivity contribution in [3.8, 4) is 0 Å². The summed E-state index contributed by atoms with van der Waals surface area (Å²) in [5.41, 5.74) is 2.50. The van der Waals surface area contributed by atoms with Crippen molar-refractivity contribution in [3.05, 3.63) is 84.5 Å². The van der Waals surface area contributed by atoms with Crippen molar-refractivity contribution in [2.45, 2.75) is 6.42 Å². The Labute approximate surface area is 107 Å². The maximum atomic E-state index is 4.13. The van der Waals surface area contributed by atoms with E-state index in [1.54, 1.807) is 6.20 Å². The monoisotopic (exact) mass is 232 g/mol. The van der Waals surface area contributed by atoms with Crippen LogP contribution in [0.1, 0.15) is 11.1 Å². The molecule has 0 aliphatic carbocycles. The molecule has 0 unspecified atom stereocenters. The zero-order valence-corrected chi connectivity index (χ0v) is 10.1. The number of rotatable bonds is 3. The fraction of sp³-hybridized carbons (Fsp3) is 0.0588. The maximum absolute atomic E-state index is 4.13. The second-order valence-corrected chi connectivity index (χ2v) is 4.38. The van der Waals surface area contributed by atoms with Crippen molar-refractivity contribution in [3.63, 3.8) is 0 Å². The number of benzene rings is 2. The van der Waals surface area contributed by atoms with Crippen molar-refractivity contribution >= 4 is 10.8 Å². The number of aromatic nitrogens is 1. The summed E-state index contributed by atoms with van der Waals surface area (Å²) in [6.45, 7) is 0. The molecule has 2 aromatic carbocycles. The lowest BCUT2D eigenvalue weighted by Gasteiger charge is -2.03. The highest BCUT2D eigenvalue weighted by atomic mass is 14.6. The van der Waals surface area contributed by atoms with Crippen LogP contribution in [0.25, 0.3) is 10.8 Å². The summed E-state index contributed by atoms with van der Waals surface area (Å²) in [6, 6.07) is 19.1. The molecule has 0 saturated carbocycles. The smallest absolute Gasteiger partial charge is 0.0300 e. The van der Waals surface area contributed by atoms with Gasteiger partial charge in [0, 0.05) is 12.4 Å². The van der Waals surface area contributed by atoms with Gasteiger partial charge in [0.1, 0.15) is 0 Å². The molecule has 3 rings (SSSR count). The van der Waals surface area contributed by atoms with Crippen LogP contribution < -0.4 is 0 Å². The summed E-state index contributed by atoms with van der Waals surface area (Å²) < 4.78 is 0. The quantitative estimate of drug-likeness (QED) is 0.664. The van der Waals surface area contributed by atoms with Crippen LogP contribution in [0.4, 0.5) is 0 Å². The number of hydrogen-bond acceptors (Lipinski definition) is 1. The van der Waals surface area contributed by atoms with Gasteiger partial charge in [0.05, 0.1) is 0 Å². The molecule has 0 bridgehead atoms. The first-order valence-corrected chi connectivity index (χ1v) is 6.13. The molecule has 0 amide bonds. The van der Waals surface area contributed by atoms with E-state index in [4.69, 9.17) is 0 Å². The van der Waals surface area contributed by atoms with Crippen molar-refractivity contribution in [2.24, 2.45) is 0 Å². The van der Waals surface area contributed by atoms with Gasteiger partial charge in [-0.3, -0.25) is 4.98 Å². The summed E-state index contributed by atoms with van der Waals surface area (Å²) in [7, 11) is 0. The predicted molar refractivity (Wildman–Crippen MR) is 75.3 cm³/mol. The average molecular weight is 232 g/mol. The van der Waals surface area contributed by atoms with Crippen LogP contribution in [0, 0.1) is 6.42 Å². The predicted octanol–water partition coefficient (Wildman–Crippen LogP) is 4.03. The highest BCUT2D eigenvalue weighted by Gasteiger charge is 1.98. The topological polar surface area (TPSA) is 12.9 Å². The normalized spacial score (nSPS) is 10.7. The summed E-state index contributed by atoms with van der Waals surface area (Å²) in [5.74, 6) is 0. The summed E-state index contributed by atoms with van der Waals surface area (Å²) in [4.78, 5) is 4.13. The largest absolute Gasteiger partial charge is 0.264 e. The second-order valence-electron chi connectivity index (χ2n) is 4.38. The number of hydrogen-bond donors (Lipinski definition) is 0. The first-order chi connectivity index (χ1) is 8.92. The minimum atomic E-state index is 0.923. The van der Waals surface area contributed by atoms with Gasteiger partial charge in [-0.15, -0.1) is 0 Å². The van der Waals surface area contributed by atoms with Gasteiger partial charge in [-0.1, -0.05) is 48.5 Å². The molecule has 0 aliphatic rings. The Kier molecular flexibility index (Phi) is 3.05. The summed E-state index contributed by atoms with van der Waals surface area (Å²) in [5, 5.41) is 2.58. The van der Waals surface area contributed by atoms with Gasteiger partial charge in [-0.2, -0.15) is 0 Å². The Balaban J connectivity index is 1.79. The van der Waals surface area contributed by atoms with E-state index < -0.39 is 0 Å². The van der Waals surface area contributed by atoms with E-state index in [9.17, 15) is 0 Å². The fourth-order valence-electron chi connectivity index (χ4n) is 2.09. The van der Waals surface area contributed by atoms with Gasteiger partial charge in [0.15, 0.2) is 0 Å². The lowest BCUT2D eigenvalue weighted by Crippen LogP contribution is -1.89. The van der Waals surface area contributed by atoms with Crippen molar-refractivity contribution < 1.29 is 0 Å².